The van der Waals surface area contributed by atoms with Crippen LogP contribution in [0.1, 0.15) is 20.7 Å². The number of hydrogen-bond acceptors (Lipinski definition) is 6. The second kappa shape index (κ2) is 6.03. The summed E-state index contributed by atoms with van der Waals surface area (Å²) in [7, 11) is -3.77. The third-order valence-corrected chi connectivity index (χ3v) is 5.37. The lowest BCUT2D eigenvalue weighted by atomic mass is 10.1. The first-order valence-corrected chi connectivity index (χ1v) is 9.45. The molecular weight excluding hydrogens is 360 g/mol. The number of imide groups is 1. The normalized spacial score (nSPS) is 15.3. The topological polar surface area (TPSA) is 102 Å². The van der Waals surface area contributed by atoms with Crippen LogP contribution in [-0.4, -0.2) is 44.2 Å². The van der Waals surface area contributed by atoms with Gasteiger partial charge in [0.15, 0.2) is 11.5 Å². The molecule has 0 saturated carbocycles. The van der Waals surface area contributed by atoms with E-state index in [2.05, 4.69) is 4.72 Å². The Kier molecular flexibility index (Phi) is 3.80. The Bertz CT molecular complexity index is 983. The Morgan fingerprint density at radius 1 is 0.962 bits per heavy atom. The standard InChI is InChI=1S/C17H14N2O6S/c20-16-12-3-1-2-4-13(12)17(21)19(16)7-8-26(22,23)18-11-5-6-14-15(9-11)25-10-24-14/h1-6,9,18H,7-8,10H2. The molecule has 2 aromatic rings. The molecule has 4 rings (SSSR count). The number of anilines is 1. The zero-order valence-corrected chi connectivity index (χ0v) is 14.3. The molecule has 2 amide bonds. The molecule has 2 aliphatic heterocycles. The van der Waals surface area contributed by atoms with Crippen molar-refractivity contribution in [3.05, 3.63) is 53.6 Å². The molecule has 0 aromatic heterocycles. The third kappa shape index (κ3) is 2.86. The van der Waals surface area contributed by atoms with E-state index >= 15 is 0 Å². The fraction of sp³-hybridized carbons (Fsp3) is 0.176. The van der Waals surface area contributed by atoms with Crippen molar-refractivity contribution < 1.29 is 27.5 Å². The summed E-state index contributed by atoms with van der Waals surface area (Å²) in [6, 6.07) is 11.1. The molecule has 2 aliphatic rings. The molecule has 9 heteroatoms. The van der Waals surface area contributed by atoms with Crippen molar-refractivity contribution in [1.82, 2.24) is 4.90 Å². The van der Waals surface area contributed by atoms with Gasteiger partial charge in [0.2, 0.25) is 16.8 Å². The van der Waals surface area contributed by atoms with Crippen molar-refractivity contribution in [3.8, 4) is 11.5 Å². The first-order valence-electron chi connectivity index (χ1n) is 7.80. The van der Waals surface area contributed by atoms with E-state index < -0.39 is 27.6 Å². The Labute approximate surface area is 149 Å². The minimum absolute atomic E-state index is 0.0886. The molecule has 2 heterocycles. The number of amides is 2. The molecule has 1 N–H and O–H groups in total. The highest BCUT2D eigenvalue weighted by Gasteiger charge is 2.35. The van der Waals surface area contributed by atoms with Gasteiger partial charge in [-0.05, 0) is 24.3 Å². The van der Waals surface area contributed by atoms with Crippen molar-refractivity contribution in [2.75, 3.05) is 23.8 Å². The lowest BCUT2D eigenvalue weighted by molar-refractivity contribution is 0.0664. The molecule has 0 aliphatic carbocycles. The highest BCUT2D eigenvalue weighted by atomic mass is 32.2. The van der Waals surface area contributed by atoms with E-state index in [1.165, 1.54) is 6.07 Å². The number of rotatable bonds is 5. The lowest BCUT2D eigenvalue weighted by Crippen LogP contribution is -2.35. The Morgan fingerprint density at radius 2 is 1.62 bits per heavy atom. The average molecular weight is 374 g/mol. The number of carbonyl (C=O) groups excluding carboxylic acids is 2. The Morgan fingerprint density at radius 3 is 2.31 bits per heavy atom. The van der Waals surface area contributed by atoms with Gasteiger partial charge in [-0.3, -0.25) is 19.2 Å². The molecule has 0 saturated heterocycles. The minimum Gasteiger partial charge on any atom is -0.454 e. The quantitative estimate of drug-likeness (QED) is 0.795. The molecule has 0 bridgehead atoms. The lowest BCUT2D eigenvalue weighted by Gasteiger charge is -2.14. The van der Waals surface area contributed by atoms with Crippen LogP contribution in [0.3, 0.4) is 0 Å². The van der Waals surface area contributed by atoms with Crippen molar-refractivity contribution >= 4 is 27.5 Å². The number of hydrogen-bond donors (Lipinski definition) is 1. The van der Waals surface area contributed by atoms with Crippen molar-refractivity contribution in [3.63, 3.8) is 0 Å². The molecule has 26 heavy (non-hydrogen) atoms. The second-order valence-electron chi connectivity index (χ2n) is 5.80. The van der Waals surface area contributed by atoms with Gasteiger partial charge >= 0.3 is 0 Å². The summed E-state index contributed by atoms with van der Waals surface area (Å²) in [6.07, 6.45) is 0. The fourth-order valence-corrected chi connectivity index (χ4v) is 3.86. The predicted octanol–water partition coefficient (Wildman–Crippen LogP) is 1.45. The van der Waals surface area contributed by atoms with Crippen molar-refractivity contribution in [2.45, 2.75) is 0 Å². The van der Waals surface area contributed by atoms with Gasteiger partial charge in [-0.2, -0.15) is 0 Å². The zero-order valence-electron chi connectivity index (χ0n) is 13.5. The maximum absolute atomic E-state index is 12.3. The van der Waals surface area contributed by atoms with Crippen LogP contribution in [0.5, 0.6) is 11.5 Å². The van der Waals surface area contributed by atoms with Crippen LogP contribution in [-0.2, 0) is 10.0 Å². The minimum atomic E-state index is -3.77. The van der Waals surface area contributed by atoms with Crippen LogP contribution < -0.4 is 14.2 Å². The molecule has 0 atom stereocenters. The highest BCUT2D eigenvalue weighted by molar-refractivity contribution is 7.92. The number of nitrogens with zero attached hydrogens (tertiary/aromatic N) is 1. The zero-order chi connectivity index (χ0) is 18.3. The summed E-state index contributed by atoms with van der Waals surface area (Å²) >= 11 is 0. The first kappa shape index (κ1) is 16.4. The van der Waals surface area contributed by atoms with Crippen LogP contribution in [0.2, 0.25) is 0 Å². The van der Waals surface area contributed by atoms with E-state index in [1.54, 1.807) is 36.4 Å². The molecule has 0 radical (unpaired) electrons. The number of sulfonamides is 1. The maximum Gasteiger partial charge on any atom is 0.261 e. The number of benzene rings is 2. The van der Waals surface area contributed by atoms with E-state index in [-0.39, 0.29) is 13.3 Å². The van der Waals surface area contributed by atoms with Crippen LogP contribution in [0.15, 0.2) is 42.5 Å². The van der Waals surface area contributed by atoms with Gasteiger partial charge in [-0.25, -0.2) is 8.42 Å². The molecule has 2 aromatic carbocycles. The van der Waals surface area contributed by atoms with Crippen LogP contribution in [0, 0.1) is 0 Å². The highest BCUT2D eigenvalue weighted by Crippen LogP contribution is 2.34. The van der Waals surface area contributed by atoms with Gasteiger partial charge in [0.1, 0.15) is 0 Å². The largest absolute Gasteiger partial charge is 0.454 e. The van der Waals surface area contributed by atoms with Gasteiger partial charge in [-0.1, -0.05) is 12.1 Å². The summed E-state index contributed by atoms with van der Waals surface area (Å²) in [4.78, 5) is 25.5. The number of ether oxygens (including phenoxy) is 2. The van der Waals surface area contributed by atoms with E-state index in [0.29, 0.717) is 28.3 Å². The van der Waals surface area contributed by atoms with Crippen LogP contribution in [0.4, 0.5) is 5.69 Å². The number of carbonyl (C=O) groups is 2. The molecule has 134 valence electrons. The summed E-state index contributed by atoms with van der Waals surface area (Å²) < 4.78 is 37.4. The van der Waals surface area contributed by atoms with Gasteiger partial charge in [0.25, 0.3) is 11.8 Å². The van der Waals surface area contributed by atoms with E-state index in [9.17, 15) is 18.0 Å². The molecular formula is C17H14N2O6S. The Balaban J connectivity index is 1.44. The van der Waals surface area contributed by atoms with Gasteiger partial charge < -0.3 is 9.47 Å². The summed E-state index contributed by atoms with van der Waals surface area (Å²) in [5.74, 6) is -0.385. The van der Waals surface area contributed by atoms with Gasteiger partial charge in [0.05, 0.1) is 22.6 Å². The average Bonchev–Trinajstić information content (AvgIpc) is 3.17. The molecule has 8 nitrogen and oxygen atoms in total. The molecule has 0 unspecified atom stereocenters. The monoisotopic (exact) mass is 374 g/mol. The maximum atomic E-state index is 12.3. The van der Waals surface area contributed by atoms with Crippen LogP contribution >= 0.6 is 0 Å². The van der Waals surface area contributed by atoms with Crippen molar-refractivity contribution in [1.29, 1.82) is 0 Å². The first-order chi connectivity index (χ1) is 12.4. The Hall–Kier alpha value is -3.07. The third-order valence-electron chi connectivity index (χ3n) is 4.11. The summed E-state index contributed by atoms with van der Waals surface area (Å²) in [5, 5.41) is 0. The van der Waals surface area contributed by atoms with Gasteiger partial charge in [-0.15, -0.1) is 0 Å². The van der Waals surface area contributed by atoms with E-state index in [0.717, 1.165) is 4.90 Å². The van der Waals surface area contributed by atoms with Gasteiger partial charge in [0, 0.05) is 12.6 Å². The number of fused-ring (bicyclic) bond motifs is 2. The molecule has 0 spiro atoms. The second-order valence-corrected chi connectivity index (χ2v) is 7.64. The summed E-state index contributed by atoms with van der Waals surface area (Å²) in [5.41, 5.74) is 0.897. The van der Waals surface area contributed by atoms with Crippen molar-refractivity contribution in [2.24, 2.45) is 0 Å². The number of nitrogens with one attached hydrogen (secondary N) is 1. The summed E-state index contributed by atoms with van der Waals surface area (Å²) in [6.45, 7) is -0.141. The predicted molar refractivity (Wildman–Crippen MR) is 91.8 cm³/mol. The smallest absolute Gasteiger partial charge is 0.261 e. The van der Waals surface area contributed by atoms with Crippen LogP contribution in [0.25, 0.3) is 0 Å². The van der Waals surface area contributed by atoms with E-state index in [1.807, 2.05) is 0 Å². The molecule has 0 fully saturated rings. The van der Waals surface area contributed by atoms with E-state index in [4.69, 9.17) is 9.47 Å². The fourth-order valence-electron chi connectivity index (χ4n) is 2.84. The SMILES string of the molecule is O=C1c2ccccc2C(=O)N1CCS(=O)(=O)Nc1ccc2c(c1)OCO2.